The molecule has 1 aliphatic rings. The Hall–Kier alpha value is -3.29. The topological polar surface area (TPSA) is 67.3 Å². The van der Waals surface area contributed by atoms with Gasteiger partial charge in [-0.15, -0.1) is 0 Å². The van der Waals surface area contributed by atoms with Gasteiger partial charge in [0.05, 0.1) is 23.6 Å². The van der Waals surface area contributed by atoms with E-state index in [1.54, 1.807) is 19.1 Å². The van der Waals surface area contributed by atoms with E-state index >= 15 is 0 Å². The third-order valence-electron chi connectivity index (χ3n) is 5.93. The quantitative estimate of drug-likeness (QED) is 0.508. The molecule has 2 aromatic carbocycles. The van der Waals surface area contributed by atoms with Crippen LogP contribution in [0.1, 0.15) is 22.9 Å². The van der Waals surface area contributed by atoms with Crippen molar-refractivity contribution < 1.29 is 13.9 Å². The van der Waals surface area contributed by atoms with Crippen molar-refractivity contribution >= 4 is 0 Å². The molecule has 6 nitrogen and oxygen atoms in total. The average molecular weight is 432 g/mol. The van der Waals surface area contributed by atoms with Crippen LogP contribution in [0.4, 0.5) is 4.39 Å². The molecule has 1 N–H and O–H groups in total. The fourth-order valence-corrected chi connectivity index (χ4v) is 4.21. The zero-order valence-electron chi connectivity index (χ0n) is 18.1. The summed E-state index contributed by atoms with van der Waals surface area (Å²) < 4.78 is 21.2. The van der Waals surface area contributed by atoms with E-state index < -0.39 is 6.23 Å². The van der Waals surface area contributed by atoms with Gasteiger partial charge in [0.2, 0.25) is 0 Å². The molecular formula is C25H25FN4O2. The molecule has 164 valence electrons. The minimum Gasteiger partial charge on any atom is -0.446 e. The van der Waals surface area contributed by atoms with Crippen molar-refractivity contribution in [3.63, 3.8) is 0 Å². The molecule has 7 heteroatoms. The number of rotatable bonds is 5. The van der Waals surface area contributed by atoms with Gasteiger partial charge >= 0.3 is 0 Å². The van der Waals surface area contributed by atoms with E-state index in [0.717, 1.165) is 40.4 Å². The fourth-order valence-electron chi connectivity index (χ4n) is 4.21. The monoisotopic (exact) mass is 432 g/mol. The number of hydrogen-bond donors (Lipinski definition) is 1. The van der Waals surface area contributed by atoms with Crippen LogP contribution in [0.2, 0.25) is 0 Å². The molecule has 1 aliphatic heterocycles. The van der Waals surface area contributed by atoms with Gasteiger partial charge in [-0.2, -0.15) is 5.10 Å². The van der Waals surface area contributed by atoms with Crippen molar-refractivity contribution in [1.29, 1.82) is 0 Å². The van der Waals surface area contributed by atoms with Gasteiger partial charge in [-0.3, -0.25) is 9.58 Å². The van der Waals surface area contributed by atoms with E-state index in [0.29, 0.717) is 31.1 Å². The summed E-state index contributed by atoms with van der Waals surface area (Å²) >= 11 is 0. The molecule has 1 unspecified atom stereocenters. The summed E-state index contributed by atoms with van der Waals surface area (Å²) in [6.45, 7) is 5.12. The molecule has 32 heavy (non-hydrogen) atoms. The van der Waals surface area contributed by atoms with Crippen LogP contribution in [-0.4, -0.2) is 37.5 Å². The second-order valence-corrected chi connectivity index (χ2v) is 8.23. The van der Waals surface area contributed by atoms with Crippen molar-refractivity contribution in [3.8, 4) is 22.5 Å². The van der Waals surface area contributed by atoms with Gasteiger partial charge in [0.15, 0.2) is 5.89 Å². The van der Waals surface area contributed by atoms with Crippen molar-refractivity contribution in [1.82, 2.24) is 19.7 Å². The number of nitrogens with zero attached hydrogens (tertiary/aromatic N) is 4. The zero-order valence-corrected chi connectivity index (χ0v) is 18.1. The van der Waals surface area contributed by atoms with E-state index in [1.165, 1.54) is 6.07 Å². The Kier molecular flexibility index (Phi) is 5.36. The summed E-state index contributed by atoms with van der Waals surface area (Å²) in [7, 11) is 0. The average Bonchev–Trinajstić information content (AvgIpc) is 3.38. The number of aryl methyl sites for hydroxylation is 2. The van der Waals surface area contributed by atoms with E-state index in [1.807, 2.05) is 52.9 Å². The highest BCUT2D eigenvalue weighted by Gasteiger charge is 2.27. The minimum atomic E-state index is -0.731. The van der Waals surface area contributed by atoms with Crippen LogP contribution in [0.25, 0.3) is 22.5 Å². The Morgan fingerprint density at radius 1 is 1.09 bits per heavy atom. The molecule has 0 radical (unpaired) electrons. The first-order chi connectivity index (χ1) is 15.5. The molecule has 0 saturated carbocycles. The lowest BCUT2D eigenvalue weighted by molar-refractivity contribution is -0.0213. The highest BCUT2D eigenvalue weighted by atomic mass is 19.1. The molecule has 0 saturated heterocycles. The van der Waals surface area contributed by atoms with Gasteiger partial charge < -0.3 is 9.52 Å². The smallest absolute Gasteiger partial charge is 0.191 e. The van der Waals surface area contributed by atoms with E-state index in [2.05, 4.69) is 4.98 Å². The SMILES string of the molecule is Cc1nc2c(o1)CCN(C(O)Cn1nc(-c3ccc(F)c(C)c3)cc1-c1ccccc1)C2. The van der Waals surface area contributed by atoms with Gasteiger partial charge in [-0.1, -0.05) is 30.3 Å². The maximum atomic E-state index is 13.8. The maximum Gasteiger partial charge on any atom is 0.191 e. The van der Waals surface area contributed by atoms with Gasteiger partial charge in [0.25, 0.3) is 0 Å². The normalized spacial score (nSPS) is 15.0. The predicted molar refractivity (Wildman–Crippen MR) is 119 cm³/mol. The number of aliphatic hydroxyl groups is 1. The molecule has 0 bridgehead atoms. The summed E-state index contributed by atoms with van der Waals surface area (Å²) in [5.41, 5.74) is 4.95. The third-order valence-corrected chi connectivity index (χ3v) is 5.93. The first-order valence-electron chi connectivity index (χ1n) is 10.7. The highest BCUT2D eigenvalue weighted by molar-refractivity contribution is 5.69. The molecule has 3 heterocycles. The number of halogens is 1. The largest absolute Gasteiger partial charge is 0.446 e. The number of aliphatic hydroxyl groups excluding tert-OH is 1. The standard InChI is InChI=1S/C25H25FN4O2/c1-16-12-19(8-9-20(16)26)21-13-23(18-6-4-3-5-7-18)30(28-21)15-25(31)29-11-10-24-22(14-29)27-17(2)32-24/h3-9,12-13,25,31H,10-11,14-15H2,1-2H3. The Labute approximate surface area is 185 Å². The zero-order chi connectivity index (χ0) is 22.2. The first kappa shape index (κ1) is 20.6. The molecule has 2 aromatic heterocycles. The maximum absolute atomic E-state index is 13.8. The van der Waals surface area contributed by atoms with Crippen molar-refractivity contribution in [2.45, 2.75) is 39.6 Å². The second kappa shape index (κ2) is 8.33. The summed E-state index contributed by atoms with van der Waals surface area (Å²) in [6, 6.07) is 16.9. The van der Waals surface area contributed by atoms with Crippen LogP contribution in [0, 0.1) is 19.7 Å². The van der Waals surface area contributed by atoms with Crippen LogP contribution in [0.5, 0.6) is 0 Å². The van der Waals surface area contributed by atoms with Crippen LogP contribution >= 0.6 is 0 Å². The molecule has 4 aromatic rings. The lowest BCUT2D eigenvalue weighted by atomic mass is 10.1. The summed E-state index contributed by atoms with van der Waals surface area (Å²) in [4.78, 5) is 6.43. The molecule has 0 amide bonds. The molecular weight excluding hydrogens is 407 g/mol. The Morgan fingerprint density at radius 2 is 1.91 bits per heavy atom. The van der Waals surface area contributed by atoms with Crippen LogP contribution in [-0.2, 0) is 19.5 Å². The predicted octanol–water partition coefficient (Wildman–Crippen LogP) is 4.34. The van der Waals surface area contributed by atoms with Crippen LogP contribution in [0.3, 0.4) is 0 Å². The Balaban J connectivity index is 1.45. The Bertz CT molecular complexity index is 1250. The lowest BCUT2D eigenvalue weighted by Gasteiger charge is -2.30. The van der Waals surface area contributed by atoms with E-state index in [9.17, 15) is 9.50 Å². The summed E-state index contributed by atoms with van der Waals surface area (Å²) in [5, 5.41) is 15.8. The Morgan fingerprint density at radius 3 is 2.69 bits per heavy atom. The first-order valence-corrected chi connectivity index (χ1v) is 10.7. The van der Waals surface area contributed by atoms with Gasteiger partial charge in [-0.05, 0) is 42.3 Å². The number of benzene rings is 2. The highest BCUT2D eigenvalue weighted by Crippen LogP contribution is 2.28. The second-order valence-electron chi connectivity index (χ2n) is 8.23. The van der Waals surface area contributed by atoms with Crippen LogP contribution < -0.4 is 0 Å². The number of aromatic nitrogens is 3. The molecule has 1 atom stereocenters. The fraction of sp³-hybridized carbons (Fsp3) is 0.280. The number of oxazole rings is 1. The molecule has 0 fully saturated rings. The van der Waals surface area contributed by atoms with Crippen molar-refractivity contribution in [2.75, 3.05) is 6.54 Å². The molecule has 0 spiro atoms. The minimum absolute atomic E-state index is 0.237. The van der Waals surface area contributed by atoms with Gasteiger partial charge in [0.1, 0.15) is 17.8 Å². The molecule has 0 aliphatic carbocycles. The van der Waals surface area contributed by atoms with Crippen molar-refractivity contribution in [3.05, 3.63) is 83.3 Å². The third kappa shape index (κ3) is 3.97. The van der Waals surface area contributed by atoms with E-state index in [-0.39, 0.29) is 5.82 Å². The van der Waals surface area contributed by atoms with Gasteiger partial charge in [-0.25, -0.2) is 9.37 Å². The molecule has 5 rings (SSSR count). The van der Waals surface area contributed by atoms with Crippen molar-refractivity contribution in [2.24, 2.45) is 0 Å². The number of hydrogen-bond acceptors (Lipinski definition) is 5. The van der Waals surface area contributed by atoms with Gasteiger partial charge in [0, 0.05) is 32.0 Å². The number of fused-ring (bicyclic) bond motifs is 1. The van der Waals surface area contributed by atoms with Crippen LogP contribution in [0.15, 0.2) is 59.0 Å². The summed E-state index contributed by atoms with van der Waals surface area (Å²) in [6.07, 6.45) is -0.0110. The van der Waals surface area contributed by atoms with E-state index in [4.69, 9.17) is 9.52 Å². The summed E-state index contributed by atoms with van der Waals surface area (Å²) in [5.74, 6) is 1.33. The lowest BCUT2D eigenvalue weighted by Crippen LogP contribution is -2.41.